The number of hydrogen-bond acceptors (Lipinski definition) is 4. The van der Waals surface area contributed by atoms with Crippen molar-refractivity contribution >= 4 is 11.6 Å². The summed E-state index contributed by atoms with van der Waals surface area (Å²) in [5.74, 6) is -0.621. The standard InChI is InChI=1S/C21H19F3N4O2/c1-3-30-18-11-15(4-5-17(18)21(22,23)24)27-8-9-28-19(20(27)29)16(12-26-28)14-6-7-25-13(2)10-14/h4-7,10-12H,3,8-9H2,1-2H3. The van der Waals surface area contributed by atoms with Gasteiger partial charge in [0.25, 0.3) is 5.91 Å². The van der Waals surface area contributed by atoms with E-state index in [1.807, 2.05) is 13.0 Å². The molecule has 0 unspecified atom stereocenters. The summed E-state index contributed by atoms with van der Waals surface area (Å²) < 4.78 is 46.7. The quantitative estimate of drug-likeness (QED) is 0.635. The lowest BCUT2D eigenvalue weighted by molar-refractivity contribution is -0.138. The van der Waals surface area contributed by atoms with E-state index in [4.69, 9.17) is 4.74 Å². The number of rotatable bonds is 4. The largest absolute Gasteiger partial charge is 0.493 e. The molecule has 9 heteroatoms. The van der Waals surface area contributed by atoms with Crippen LogP contribution in [0.15, 0.2) is 42.7 Å². The van der Waals surface area contributed by atoms with Crippen molar-refractivity contribution in [3.63, 3.8) is 0 Å². The molecule has 6 nitrogen and oxygen atoms in total. The van der Waals surface area contributed by atoms with Gasteiger partial charge in [0.05, 0.1) is 24.9 Å². The monoisotopic (exact) mass is 416 g/mol. The number of hydrogen-bond donors (Lipinski definition) is 0. The molecule has 1 amide bonds. The van der Waals surface area contributed by atoms with Gasteiger partial charge in [0.2, 0.25) is 0 Å². The molecule has 4 rings (SSSR count). The maximum Gasteiger partial charge on any atom is 0.419 e. The van der Waals surface area contributed by atoms with Crippen LogP contribution in [0.3, 0.4) is 0 Å². The fraction of sp³-hybridized carbons (Fsp3) is 0.286. The summed E-state index contributed by atoms with van der Waals surface area (Å²) in [6.45, 7) is 4.26. The Balaban J connectivity index is 1.74. The fourth-order valence-corrected chi connectivity index (χ4v) is 3.56. The number of halogens is 3. The number of aryl methyl sites for hydroxylation is 1. The molecule has 0 aliphatic carbocycles. The Morgan fingerprint density at radius 2 is 1.97 bits per heavy atom. The van der Waals surface area contributed by atoms with Crippen molar-refractivity contribution in [3.8, 4) is 16.9 Å². The first-order valence-electron chi connectivity index (χ1n) is 9.44. The molecule has 1 aliphatic rings. The van der Waals surface area contributed by atoms with E-state index in [1.165, 1.54) is 17.0 Å². The Bertz CT molecular complexity index is 1110. The molecule has 3 heterocycles. The lowest BCUT2D eigenvalue weighted by Gasteiger charge is -2.29. The molecule has 0 atom stereocenters. The topological polar surface area (TPSA) is 60.2 Å². The van der Waals surface area contributed by atoms with E-state index in [0.717, 1.165) is 17.3 Å². The molecule has 0 saturated heterocycles. The first kappa shape index (κ1) is 19.9. The minimum atomic E-state index is -4.54. The summed E-state index contributed by atoms with van der Waals surface area (Å²) in [6.07, 6.45) is -1.26. The van der Waals surface area contributed by atoms with Gasteiger partial charge in [0.1, 0.15) is 11.4 Å². The Morgan fingerprint density at radius 1 is 1.17 bits per heavy atom. The predicted molar refractivity (Wildman–Crippen MR) is 104 cm³/mol. The minimum Gasteiger partial charge on any atom is -0.493 e. The van der Waals surface area contributed by atoms with Crippen molar-refractivity contribution < 1.29 is 22.7 Å². The van der Waals surface area contributed by atoms with Gasteiger partial charge in [-0.1, -0.05) is 0 Å². The van der Waals surface area contributed by atoms with Crippen molar-refractivity contribution in [1.29, 1.82) is 0 Å². The van der Waals surface area contributed by atoms with Gasteiger partial charge in [-0.25, -0.2) is 0 Å². The summed E-state index contributed by atoms with van der Waals surface area (Å²) in [5.41, 5.74) is 2.14. The Kier molecular flexibility index (Phi) is 4.97. The number of nitrogens with zero attached hydrogens (tertiary/aromatic N) is 4. The third kappa shape index (κ3) is 3.51. The molecule has 0 fully saturated rings. The molecule has 2 aromatic heterocycles. The third-order valence-electron chi connectivity index (χ3n) is 4.91. The van der Waals surface area contributed by atoms with Crippen molar-refractivity contribution in [2.45, 2.75) is 26.6 Å². The van der Waals surface area contributed by atoms with E-state index in [1.54, 1.807) is 30.1 Å². The molecule has 0 radical (unpaired) electrons. The number of aromatic nitrogens is 3. The summed E-state index contributed by atoms with van der Waals surface area (Å²) in [4.78, 5) is 18.9. The molecule has 0 bridgehead atoms. The van der Waals surface area contributed by atoms with Crippen molar-refractivity contribution in [2.75, 3.05) is 18.1 Å². The van der Waals surface area contributed by atoms with Crippen LogP contribution in [0.5, 0.6) is 5.75 Å². The smallest absolute Gasteiger partial charge is 0.419 e. The average molecular weight is 416 g/mol. The molecule has 0 N–H and O–H groups in total. The lowest BCUT2D eigenvalue weighted by Crippen LogP contribution is -2.40. The third-order valence-corrected chi connectivity index (χ3v) is 4.91. The normalized spacial score (nSPS) is 14.0. The SMILES string of the molecule is CCOc1cc(N2CCn3ncc(-c4ccnc(C)c4)c3C2=O)ccc1C(F)(F)F. The Morgan fingerprint density at radius 3 is 2.67 bits per heavy atom. The van der Waals surface area contributed by atoms with Crippen LogP contribution in [0.2, 0.25) is 0 Å². The van der Waals surface area contributed by atoms with Crippen LogP contribution in [0.25, 0.3) is 11.1 Å². The van der Waals surface area contributed by atoms with Crippen LogP contribution in [0.4, 0.5) is 18.9 Å². The number of alkyl halides is 3. The van der Waals surface area contributed by atoms with Gasteiger partial charge in [-0.05, 0) is 43.7 Å². The van der Waals surface area contributed by atoms with Gasteiger partial charge < -0.3 is 9.64 Å². The second-order valence-electron chi connectivity index (χ2n) is 6.88. The summed E-state index contributed by atoms with van der Waals surface area (Å²) in [7, 11) is 0. The number of anilines is 1. The zero-order valence-electron chi connectivity index (χ0n) is 16.4. The van der Waals surface area contributed by atoms with E-state index in [2.05, 4.69) is 10.1 Å². The predicted octanol–water partition coefficient (Wildman–Crippen LogP) is 4.33. The van der Waals surface area contributed by atoms with Gasteiger partial charge in [-0.3, -0.25) is 14.5 Å². The van der Waals surface area contributed by atoms with E-state index in [0.29, 0.717) is 30.0 Å². The maximum absolute atomic E-state index is 13.3. The van der Waals surface area contributed by atoms with E-state index in [-0.39, 0.29) is 18.3 Å². The average Bonchev–Trinajstić information content (AvgIpc) is 3.13. The van der Waals surface area contributed by atoms with E-state index in [9.17, 15) is 18.0 Å². The highest BCUT2D eigenvalue weighted by molar-refractivity contribution is 6.09. The highest BCUT2D eigenvalue weighted by Crippen LogP contribution is 2.39. The van der Waals surface area contributed by atoms with Gasteiger partial charge in [0, 0.05) is 35.8 Å². The van der Waals surface area contributed by atoms with Gasteiger partial charge >= 0.3 is 6.18 Å². The second kappa shape index (κ2) is 7.47. The Labute approximate surface area is 170 Å². The lowest BCUT2D eigenvalue weighted by atomic mass is 10.0. The summed E-state index contributed by atoms with van der Waals surface area (Å²) in [6, 6.07) is 7.17. The van der Waals surface area contributed by atoms with E-state index >= 15 is 0 Å². The van der Waals surface area contributed by atoms with Crippen LogP contribution < -0.4 is 9.64 Å². The highest BCUT2D eigenvalue weighted by atomic mass is 19.4. The number of ether oxygens (including phenoxy) is 1. The van der Waals surface area contributed by atoms with E-state index < -0.39 is 11.7 Å². The molecule has 1 aliphatic heterocycles. The number of fused-ring (bicyclic) bond motifs is 1. The second-order valence-corrected chi connectivity index (χ2v) is 6.88. The van der Waals surface area contributed by atoms with Gasteiger partial charge in [0.15, 0.2) is 0 Å². The number of amides is 1. The zero-order chi connectivity index (χ0) is 21.5. The molecule has 1 aromatic carbocycles. The molecule has 3 aromatic rings. The number of carbonyl (C=O) groups is 1. The minimum absolute atomic E-state index is 0.0821. The molecular weight excluding hydrogens is 397 g/mol. The number of pyridine rings is 1. The molecule has 156 valence electrons. The first-order valence-corrected chi connectivity index (χ1v) is 9.44. The number of carbonyl (C=O) groups excluding carboxylic acids is 1. The van der Waals surface area contributed by atoms with Crippen LogP contribution in [-0.2, 0) is 12.7 Å². The maximum atomic E-state index is 13.3. The zero-order valence-corrected chi connectivity index (χ0v) is 16.4. The van der Waals surface area contributed by atoms with Gasteiger partial charge in [-0.2, -0.15) is 18.3 Å². The van der Waals surface area contributed by atoms with Crippen LogP contribution >= 0.6 is 0 Å². The highest BCUT2D eigenvalue weighted by Gasteiger charge is 2.36. The molecule has 0 spiro atoms. The molecular formula is C21H19F3N4O2. The molecule has 0 saturated carbocycles. The fourth-order valence-electron chi connectivity index (χ4n) is 3.56. The van der Waals surface area contributed by atoms with Crippen molar-refractivity contribution in [1.82, 2.24) is 14.8 Å². The summed E-state index contributed by atoms with van der Waals surface area (Å²) >= 11 is 0. The molecule has 30 heavy (non-hydrogen) atoms. The van der Waals surface area contributed by atoms with Crippen LogP contribution in [0, 0.1) is 6.92 Å². The van der Waals surface area contributed by atoms with Crippen molar-refractivity contribution in [3.05, 3.63) is 59.7 Å². The Hall–Kier alpha value is -3.36. The number of benzene rings is 1. The van der Waals surface area contributed by atoms with Crippen molar-refractivity contribution in [2.24, 2.45) is 0 Å². The summed E-state index contributed by atoms with van der Waals surface area (Å²) in [5, 5.41) is 4.31. The van der Waals surface area contributed by atoms with Crippen LogP contribution in [0.1, 0.15) is 28.7 Å². The van der Waals surface area contributed by atoms with Crippen LogP contribution in [-0.4, -0.2) is 33.8 Å². The first-order chi connectivity index (χ1) is 14.3. The van der Waals surface area contributed by atoms with Gasteiger partial charge in [-0.15, -0.1) is 0 Å².